The first kappa shape index (κ1) is 10.5. The van der Waals surface area contributed by atoms with Gasteiger partial charge in [0, 0.05) is 36.4 Å². The van der Waals surface area contributed by atoms with Crippen molar-refractivity contribution in [3.05, 3.63) is 36.5 Å². The molecule has 3 rings (SSSR count). The van der Waals surface area contributed by atoms with E-state index in [-0.39, 0.29) is 0 Å². The van der Waals surface area contributed by atoms with E-state index in [9.17, 15) is 0 Å². The number of benzene rings is 1. The van der Waals surface area contributed by atoms with Gasteiger partial charge in [-0.3, -0.25) is 4.98 Å². The Labute approximate surface area is 101 Å². The molecule has 3 heteroatoms. The van der Waals surface area contributed by atoms with Crippen LogP contribution in [-0.4, -0.2) is 31.2 Å². The highest BCUT2D eigenvalue weighted by Crippen LogP contribution is 2.24. The molecule has 3 nitrogen and oxygen atoms in total. The van der Waals surface area contributed by atoms with Gasteiger partial charge < -0.3 is 10.2 Å². The molecule has 1 atom stereocenters. The van der Waals surface area contributed by atoms with Crippen LogP contribution in [0.25, 0.3) is 10.9 Å². The number of fused-ring (bicyclic) bond motifs is 1. The Morgan fingerprint density at radius 3 is 3.12 bits per heavy atom. The molecule has 0 spiro atoms. The summed E-state index contributed by atoms with van der Waals surface area (Å²) in [6.07, 6.45) is 3.07. The molecule has 0 radical (unpaired) electrons. The minimum atomic E-state index is 0.625. The van der Waals surface area contributed by atoms with Crippen molar-refractivity contribution < 1.29 is 0 Å². The molecule has 1 saturated heterocycles. The molecule has 88 valence electrons. The fourth-order valence-corrected chi connectivity index (χ4v) is 2.49. The van der Waals surface area contributed by atoms with Gasteiger partial charge in [0.25, 0.3) is 0 Å². The summed E-state index contributed by atoms with van der Waals surface area (Å²) in [5.74, 6) is 0. The Morgan fingerprint density at radius 2 is 2.29 bits per heavy atom. The Hall–Kier alpha value is -1.61. The van der Waals surface area contributed by atoms with E-state index in [0.29, 0.717) is 6.04 Å². The smallest absolute Gasteiger partial charge is 0.0703 e. The topological polar surface area (TPSA) is 28.2 Å². The Kier molecular flexibility index (Phi) is 2.69. The molecule has 2 aromatic rings. The number of anilines is 1. The van der Waals surface area contributed by atoms with E-state index in [4.69, 9.17) is 0 Å². The van der Waals surface area contributed by atoms with E-state index in [1.165, 1.54) is 17.5 Å². The summed E-state index contributed by atoms with van der Waals surface area (Å²) in [6, 6.07) is 11.3. The van der Waals surface area contributed by atoms with Gasteiger partial charge in [-0.15, -0.1) is 0 Å². The van der Waals surface area contributed by atoms with Crippen molar-refractivity contribution in [2.45, 2.75) is 12.5 Å². The van der Waals surface area contributed by atoms with Gasteiger partial charge in [0.05, 0.1) is 5.52 Å². The van der Waals surface area contributed by atoms with Crippen LogP contribution >= 0.6 is 0 Å². The maximum Gasteiger partial charge on any atom is 0.0703 e. The van der Waals surface area contributed by atoms with Crippen LogP contribution in [0.5, 0.6) is 0 Å². The van der Waals surface area contributed by atoms with Crippen LogP contribution < -0.4 is 10.2 Å². The highest BCUT2D eigenvalue weighted by Gasteiger charge is 2.20. The minimum absolute atomic E-state index is 0.625. The Morgan fingerprint density at radius 1 is 1.35 bits per heavy atom. The van der Waals surface area contributed by atoms with Crippen molar-refractivity contribution in [2.24, 2.45) is 0 Å². The predicted octanol–water partition coefficient (Wildman–Crippen LogP) is 2.03. The van der Waals surface area contributed by atoms with Crippen molar-refractivity contribution >= 4 is 16.6 Å². The summed E-state index contributed by atoms with van der Waals surface area (Å²) in [7, 11) is 2.04. The van der Waals surface area contributed by atoms with Gasteiger partial charge in [0.15, 0.2) is 0 Å². The second-order valence-electron chi connectivity index (χ2n) is 4.60. The lowest BCUT2D eigenvalue weighted by molar-refractivity contribution is 0.617. The molecule has 1 unspecified atom stereocenters. The average molecular weight is 227 g/mol. The van der Waals surface area contributed by atoms with E-state index in [0.717, 1.165) is 18.6 Å². The first-order valence-corrected chi connectivity index (χ1v) is 6.14. The summed E-state index contributed by atoms with van der Waals surface area (Å²) in [5, 5.41) is 4.57. The van der Waals surface area contributed by atoms with Gasteiger partial charge in [-0.1, -0.05) is 6.07 Å². The van der Waals surface area contributed by atoms with E-state index in [2.05, 4.69) is 39.5 Å². The number of aromatic nitrogens is 1. The van der Waals surface area contributed by atoms with Crippen molar-refractivity contribution in [1.82, 2.24) is 10.3 Å². The Bertz CT molecular complexity index is 524. The molecule has 0 saturated carbocycles. The number of nitrogens with one attached hydrogen (secondary N) is 1. The SMILES string of the molecule is CNC1CCN(c2ccc3ncccc3c2)C1. The number of likely N-dealkylation sites (N-methyl/N-ethyl adjacent to an activating group) is 1. The molecule has 1 N–H and O–H groups in total. The summed E-state index contributed by atoms with van der Waals surface area (Å²) in [5.41, 5.74) is 2.38. The van der Waals surface area contributed by atoms with Crippen molar-refractivity contribution in [2.75, 3.05) is 25.0 Å². The highest BCUT2D eigenvalue weighted by atomic mass is 15.2. The maximum atomic E-state index is 4.35. The van der Waals surface area contributed by atoms with Gasteiger partial charge in [-0.05, 0) is 37.7 Å². The average Bonchev–Trinajstić information content (AvgIpc) is 2.87. The van der Waals surface area contributed by atoms with E-state index < -0.39 is 0 Å². The summed E-state index contributed by atoms with van der Waals surface area (Å²) >= 11 is 0. The molecule has 1 aromatic carbocycles. The fraction of sp³-hybridized carbons (Fsp3) is 0.357. The lowest BCUT2D eigenvalue weighted by Gasteiger charge is -2.19. The van der Waals surface area contributed by atoms with Crippen LogP contribution in [-0.2, 0) is 0 Å². The zero-order valence-corrected chi connectivity index (χ0v) is 10.1. The molecule has 1 aliphatic rings. The van der Waals surface area contributed by atoms with Gasteiger partial charge in [0.1, 0.15) is 0 Å². The van der Waals surface area contributed by atoms with Gasteiger partial charge in [-0.2, -0.15) is 0 Å². The molecule has 2 heterocycles. The van der Waals surface area contributed by atoms with Crippen LogP contribution in [0.1, 0.15) is 6.42 Å². The predicted molar refractivity (Wildman–Crippen MR) is 71.4 cm³/mol. The third kappa shape index (κ3) is 1.98. The van der Waals surface area contributed by atoms with E-state index in [1.807, 2.05) is 19.3 Å². The second-order valence-corrected chi connectivity index (χ2v) is 4.60. The number of hydrogen-bond acceptors (Lipinski definition) is 3. The van der Waals surface area contributed by atoms with Crippen LogP contribution in [0, 0.1) is 0 Å². The van der Waals surface area contributed by atoms with Gasteiger partial charge >= 0.3 is 0 Å². The van der Waals surface area contributed by atoms with Crippen molar-refractivity contribution in [3.63, 3.8) is 0 Å². The third-order valence-electron chi connectivity index (χ3n) is 3.55. The molecule has 0 amide bonds. The zero-order chi connectivity index (χ0) is 11.7. The summed E-state index contributed by atoms with van der Waals surface area (Å²) < 4.78 is 0. The second kappa shape index (κ2) is 4.34. The minimum Gasteiger partial charge on any atom is -0.370 e. The Balaban J connectivity index is 1.91. The quantitative estimate of drug-likeness (QED) is 0.851. The third-order valence-corrected chi connectivity index (χ3v) is 3.55. The lowest BCUT2D eigenvalue weighted by atomic mass is 10.2. The first-order chi connectivity index (χ1) is 8.36. The largest absolute Gasteiger partial charge is 0.370 e. The highest BCUT2D eigenvalue weighted by molar-refractivity contribution is 5.82. The summed E-state index contributed by atoms with van der Waals surface area (Å²) in [4.78, 5) is 6.79. The van der Waals surface area contributed by atoms with Gasteiger partial charge in [0.2, 0.25) is 0 Å². The fourth-order valence-electron chi connectivity index (χ4n) is 2.49. The van der Waals surface area contributed by atoms with Crippen LogP contribution in [0.15, 0.2) is 36.5 Å². The molecular weight excluding hydrogens is 210 g/mol. The molecule has 17 heavy (non-hydrogen) atoms. The van der Waals surface area contributed by atoms with E-state index in [1.54, 1.807) is 0 Å². The van der Waals surface area contributed by atoms with Gasteiger partial charge in [-0.25, -0.2) is 0 Å². The van der Waals surface area contributed by atoms with E-state index >= 15 is 0 Å². The molecule has 1 fully saturated rings. The standard InChI is InChI=1S/C14H17N3/c1-15-12-6-8-17(10-12)13-4-5-14-11(9-13)3-2-7-16-14/h2-5,7,9,12,15H,6,8,10H2,1H3. The maximum absolute atomic E-state index is 4.35. The molecule has 1 aliphatic heterocycles. The lowest BCUT2D eigenvalue weighted by Crippen LogP contribution is -2.29. The first-order valence-electron chi connectivity index (χ1n) is 6.14. The van der Waals surface area contributed by atoms with Crippen LogP contribution in [0.2, 0.25) is 0 Å². The number of pyridine rings is 1. The molecule has 1 aromatic heterocycles. The van der Waals surface area contributed by atoms with Crippen LogP contribution in [0.3, 0.4) is 0 Å². The summed E-state index contributed by atoms with van der Waals surface area (Å²) in [6.45, 7) is 2.24. The van der Waals surface area contributed by atoms with Crippen LogP contribution in [0.4, 0.5) is 5.69 Å². The number of nitrogens with zero attached hydrogens (tertiary/aromatic N) is 2. The molecule has 0 aliphatic carbocycles. The van der Waals surface area contributed by atoms with Crippen molar-refractivity contribution in [1.29, 1.82) is 0 Å². The molecule has 0 bridgehead atoms. The normalized spacial score (nSPS) is 20.1. The molecular formula is C14H17N3. The number of rotatable bonds is 2. The number of hydrogen-bond donors (Lipinski definition) is 1. The monoisotopic (exact) mass is 227 g/mol. The zero-order valence-electron chi connectivity index (χ0n) is 10.1. The van der Waals surface area contributed by atoms with Crippen molar-refractivity contribution in [3.8, 4) is 0 Å².